The van der Waals surface area contributed by atoms with Gasteiger partial charge in [0.1, 0.15) is 0 Å². The molecule has 0 aliphatic carbocycles. The first-order chi connectivity index (χ1) is 2.77. The Morgan fingerprint density at radius 1 is 1.71 bits per heavy atom. The van der Waals surface area contributed by atoms with Gasteiger partial charge in [-0.2, -0.15) is 0 Å². The number of halogens is 1. The smallest absolute Gasteiger partial charge is 0.545 e. The molecule has 0 atom stereocenters. The van der Waals surface area contributed by atoms with E-state index in [1.807, 2.05) is 0 Å². The van der Waals surface area contributed by atoms with Crippen LogP contribution >= 0.6 is 22.6 Å². The van der Waals surface area contributed by atoms with Crippen molar-refractivity contribution in [2.45, 2.75) is 0 Å². The van der Waals surface area contributed by atoms with E-state index >= 15 is 0 Å². The second-order valence-corrected chi connectivity index (χ2v) is 1.33. The van der Waals surface area contributed by atoms with Gasteiger partial charge in [0.2, 0.25) is 0 Å². The molecule has 4 heteroatoms. The normalized spacial score (nSPS) is 8.14. The molecule has 0 saturated carbocycles. The number of carboxylic acids is 1. The van der Waals surface area contributed by atoms with Gasteiger partial charge in [0.15, 0.2) is 0 Å². The van der Waals surface area contributed by atoms with Crippen LogP contribution in [0.2, 0.25) is 0 Å². The first-order valence-corrected chi connectivity index (χ1v) is 2.49. The molecule has 36 valence electrons. The minimum absolute atomic E-state index is 0. The van der Waals surface area contributed by atoms with E-state index in [1.54, 1.807) is 22.6 Å². The Hall–Kier alpha value is 0.862. The van der Waals surface area contributed by atoms with E-state index in [0.717, 1.165) is 6.08 Å². The number of carboxylic acid groups (broad SMARTS) is 1. The summed E-state index contributed by atoms with van der Waals surface area (Å²) in [6.07, 6.45) is 0.959. The molecule has 0 rings (SSSR count). The fraction of sp³-hybridized carbons (Fsp3) is 0. The monoisotopic (exact) mass is 402 g/mol. The van der Waals surface area contributed by atoms with Crippen molar-refractivity contribution in [1.29, 1.82) is 0 Å². The molecule has 7 heavy (non-hydrogen) atoms. The van der Waals surface area contributed by atoms with Crippen molar-refractivity contribution in [2.75, 3.05) is 0 Å². The molecule has 0 amide bonds. The summed E-state index contributed by atoms with van der Waals surface area (Å²) in [4.78, 5) is 9.40. The summed E-state index contributed by atoms with van der Waals surface area (Å²) in [6.45, 7) is 0. The minimum atomic E-state index is -1.15. The maximum absolute atomic E-state index is 9.40. The molecule has 0 radical (unpaired) electrons. The maximum atomic E-state index is 9.40. The zero-order valence-corrected chi connectivity index (χ0v) is 10.1. The van der Waals surface area contributed by atoms with E-state index in [1.165, 1.54) is 4.08 Å². The van der Waals surface area contributed by atoms with Crippen LogP contribution in [0.5, 0.6) is 0 Å². The van der Waals surface area contributed by atoms with Crippen molar-refractivity contribution in [1.82, 2.24) is 0 Å². The molecule has 0 bridgehead atoms. The summed E-state index contributed by atoms with van der Waals surface area (Å²) < 4.78 is 1.38. The molecule has 0 N–H and O–H groups in total. The minimum Gasteiger partial charge on any atom is -0.545 e. The van der Waals surface area contributed by atoms with Crippen molar-refractivity contribution in [3.8, 4) is 0 Å². The Kier molecular flexibility index (Phi) is 10.6. The number of hydrogen-bond donors (Lipinski definition) is 0. The zero-order valence-electron chi connectivity index (χ0n) is 3.43. The molecule has 0 fully saturated rings. The van der Waals surface area contributed by atoms with Crippen LogP contribution in [0.25, 0.3) is 0 Å². The van der Waals surface area contributed by atoms with E-state index < -0.39 is 5.97 Å². The Morgan fingerprint density at radius 2 is 2.14 bits per heavy atom. The number of rotatable bonds is 1. The first kappa shape index (κ1) is 10.8. The Balaban J connectivity index is 0. The van der Waals surface area contributed by atoms with Crippen LogP contribution in [0.1, 0.15) is 0 Å². The average Bonchev–Trinajstić information content (AvgIpc) is 1.35. The predicted octanol–water partition coefficient (Wildman–Crippen LogP) is -0.696. The standard InChI is InChI=1S/C3H3IO2.Tl/c4-2-1-3(5)6;/h1-2H,(H,5,6);/q;+1/p-1/b2-1+;. The SMILES string of the molecule is O=C([O-])/C=C/I.[Tl+]. The summed E-state index contributed by atoms with van der Waals surface area (Å²) in [5.41, 5.74) is 0. The Morgan fingerprint density at radius 3 is 2.14 bits per heavy atom. The largest absolute Gasteiger partial charge is 1.00 e. The quantitative estimate of drug-likeness (QED) is 0.332. The second-order valence-electron chi connectivity index (χ2n) is 0.612. The van der Waals surface area contributed by atoms with Crippen molar-refractivity contribution in [2.24, 2.45) is 0 Å². The first-order valence-electron chi connectivity index (χ1n) is 1.25. The van der Waals surface area contributed by atoms with Gasteiger partial charge in [0.25, 0.3) is 0 Å². The number of carbonyl (C=O) groups excluding carboxylic acids is 1. The number of aliphatic carboxylic acids is 1. The van der Waals surface area contributed by atoms with Gasteiger partial charge in [-0.15, -0.1) is 0 Å². The molecule has 0 aliphatic heterocycles. The maximum Gasteiger partial charge on any atom is 1.00 e. The topological polar surface area (TPSA) is 40.1 Å². The van der Waals surface area contributed by atoms with Gasteiger partial charge in [0, 0.05) is 0 Å². The van der Waals surface area contributed by atoms with Crippen LogP contribution in [0.3, 0.4) is 0 Å². The zero-order chi connectivity index (χ0) is 4.99. The molecule has 0 spiro atoms. The van der Waals surface area contributed by atoms with E-state index in [9.17, 15) is 9.90 Å². The molecule has 0 heterocycles. The third-order valence-corrected chi connectivity index (χ3v) is 0.559. The van der Waals surface area contributed by atoms with Crippen LogP contribution in [-0.4, -0.2) is 33.3 Å². The van der Waals surface area contributed by atoms with E-state index in [2.05, 4.69) is 0 Å². The van der Waals surface area contributed by atoms with Crippen molar-refractivity contribution >= 4 is 55.9 Å². The van der Waals surface area contributed by atoms with Gasteiger partial charge in [-0.25, -0.2) is 0 Å². The van der Waals surface area contributed by atoms with Crippen LogP contribution in [0, 0.1) is 0 Å². The molecule has 0 unspecified atom stereocenters. The number of carbonyl (C=O) groups is 1. The molecule has 0 aromatic carbocycles. The van der Waals surface area contributed by atoms with Gasteiger partial charge in [-0.3, -0.25) is 0 Å². The molecular formula is C3H2IO2Tl. The van der Waals surface area contributed by atoms with Gasteiger partial charge < -0.3 is 9.90 Å². The van der Waals surface area contributed by atoms with E-state index in [0.29, 0.717) is 0 Å². The van der Waals surface area contributed by atoms with Gasteiger partial charge >= 0.3 is 27.3 Å². The second kappa shape index (κ2) is 6.86. The van der Waals surface area contributed by atoms with E-state index in [-0.39, 0.29) is 27.3 Å². The molecule has 0 aliphatic rings. The van der Waals surface area contributed by atoms with Crippen LogP contribution in [0.4, 0.5) is 0 Å². The van der Waals surface area contributed by atoms with Gasteiger partial charge in [-0.05, 0) is 10.2 Å². The third-order valence-electron chi connectivity index (χ3n) is 0.199. The molecule has 0 aromatic heterocycles. The van der Waals surface area contributed by atoms with Crippen molar-refractivity contribution < 1.29 is 9.90 Å². The molecule has 0 aromatic rings. The van der Waals surface area contributed by atoms with Crippen molar-refractivity contribution in [3.05, 3.63) is 10.2 Å². The Labute approximate surface area is 75.3 Å². The summed E-state index contributed by atoms with van der Waals surface area (Å²) >= 11 is 1.80. The summed E-state index contributed by atoms with van der Waals surface area (Å²) in [5, 5.41) is 9.40. The van der Waals surface area contributed by atoms with Crippen LogP contribution < -0.4 is 5.11 Å². The van der Waals surface area contributed by atoms with Crippen LogP contribution in [0.15, 0.2) is 10.2 Å². The fourth-order valence-corrected chi connectivity index (χ4v) is 0.345. The number of hydrogen-bond acceptors (Lipinski definition) is 2. The molecule has 2 nitrogen and oxygen atoms in total. The summed E-state index contributed by atoms with van der Waals surface area (Å²) in [6, 6.07) is 0. The van der Waals surface area contributed by atoms with Crippen molar-refractivity contribution in [3.63, 3.8) is 0 Å². The molecule has 0 saturated heterocycles. The molecular weight excluding hydrogens is 399 g/mol. The fourth-order valence-electron chi connectivity index (χ4n) is 0.0514. The predicted molar refractivity (Wildman–Crippen MR) is 33.9 cm³/mol. The Bertz CT molecular complexity index is 81.0. The van der Waals surface area contributed by atoms with E-state index in [4.69, 9.17) is 0 Å². The summed E-state index contributed by atoms with van der Waals surface area (Å²) in [7, 11) is 0. The van der Waals surface area contributed by atoms with Gasteiger partial charge in [-0.1, -0.05) is 22.6 Å². The average molecular weight is 401 g/mol. The van der Waals surface area contributed by atoms with Gasteiger partial charge in [0.05, 0.1) is 5.97 Å². The summed E-state index contributed by atoms with van der Waals surface area (Å²) in [5.74, 6) is -1.15. The van der Waals surface area contributed by atoms with Crippen LogP contribution in [-0.2, 0) is 4.79 Å². The third kappa shape index (κ3) is 10.9.